The Kier molecular flexibility index (Phi) is 4.36. The first-order valence-electron chi connectivity index (χ1n) is 8.82. The molecule has 0 spiro atoms. The molecule has 138 valence electrons. The van der Waals surface area contributed by atoms with Crippen LogP contribution in [0, 0.1) is 17.2 Å². The first kappa shape index (κ1) is 17.9. The number of allylic oxidation sites excluding steroid dienone is 1. The van der Waals surface area contributed by atoms with Crippen molar-refractivity contribution in [1.29, 1.82) is 5.41 Å². The van der Waals surface area contributed by atoms with Gasteiger partial charge in [0, 0.05) is 17.9 Å². The molecule has 8 nitrogen and oxygen atoms in total. The molecular weight excluding hydrogens is 322 g/mol. The summed E-state index contributed by atoms with van der Waals surface area (Å²) in [7, 11) is 2.13. The van der Waals surface area contributed by atoms with Crippen LogP contribution in [0.4, 0.5) is 0 Å². The first-order valence-corrected chi connectivity index (χ1v) is 8.82. The highest BCUT2D eigenvalue weighted by Crippen LogP contribution is 2.47. The van der Waals surface area contributed by atoms with Gasteiger partial charge in [0.2, 0.25) is 5.91 Å². The molecule has 1 amide bonds. The Hall–Kier alpha value is -1.93. The van der Waals surface area contributed by atoms with Crippen LogP contribution in [0.25, 0.3) is 0 Å². The number of nitrogens with zero attached hydrogens (tertiary/aromatic N) is 2. The molecule has 2 saturated heterocycles. The van der Waals surface area contributed by atoms with Gasteiger partial charge in [-0.2, -0.15) is 0 Å². The predicted molar refractivity (Wildman–Crippen MR) is 92.3 cm³/mol. The number of aldehydes is 1. The Morgan fingerprint density at radius 3 is 2.84 bits per heavy atom. The zero-order valence-corrected chi connectivity index (χ0v) is 15.0. The molecule has 25 heavy (non-hydrogen) atoms. The van der Waals surface area contributed by atoms with Crippen molar-refractivity contribution >= 4 is 18.2 Å². The number of hydrogen-bond acceptors (Lipinski definition) is 4. The Morgan fingerprint density at radius 1 is 1.60 bits per heavy atom. The number of aliphatic hydroxyl groups excluding tert-OH is 1. The van der Waals surface area contributed by atoms with Crippen molar-refractivity contribution < 1.29 is 19.2 Å². The number of likely N-dealkylation sites (N-methyl/N-ethyl adjacent to an activating group) is 1. The van der Waals surface area contributed by atoms with Gasteiger partial charge in [0.05, 0.1) is 49.9 Å². The molecule has 0 saturated carbocycles. The molecule has 0 aliphatic carbocycles. The molecule has 2 fully saturated rings. The third-order valence-electron chi connectivity index (χ3n) is 6.06. The summed E-state index contributed by atoms with van der Waals surface area (Å²) in [6.07, 6.45) is 0.996. The molecule has 0 aromatic heterocycles. The summed E-state index contributed by atoms with van der Waals surface area (Å²) in [5, 5.41) is 20.3. The number of quaternary nitrogens is 1. The Balaban J connectivity index is 1.79. The number of aliphatic hydroxyl groups is 1. The number of carbonyl (C=O) groups excluding carboxylic acids is 2. The van der Waals surface area contributed by atoms with Crippen LogP contribution >= 0.6 is 0 Å². The molecule has 3 aliphatic heterocycles. The highest BCUT2D eigenvalue weighted by Gasteiger charge is 2.59. The predicted octanol–water partition coefficient (Wildman–Crippen LogP) is -1.00. The van der Waals surface area contributed by atoms with Gasteiger partial charge in [-0.05, 0) is 6.92 Å². The number of nitrogens with one attached hydrogen (secondary N) is 2. The van der Waals surface area contributed by atoms with Crippen LogP contribution in [-0.2, 0) is 9.59 Å². The quantitative estimate of drug-likeness (QED) is 0.167. The van der Waals surface area contributed by atoms with Gasteiger partial charge in [0.25, 0.3) is 0 Å². The molecule has 3 unspecified atom stereocenters. The van der Waals surface area contributed by atoms with Crippen LogP contribution in [0.3, 0.4) is 0 Å². The highest BCUT2D eigenvalue weighted by molar-refractivity contribution is 5.95. The minimum atomic E-state index is -0.704. The van der Waals surface area contributed by atoms with Gasteiger partial charge in [-0.3, -0.25) is 15.0 Å². The summed E-state index contributed by atoms with van der Waals surface area (Å²) >= 11 is 0. The lowest BCUT2D eigenvalue weighted by atomic mass is 9.77. The number of carbonyl (C=O) groups is 2. The van der Waals surface area contributed by atoms with Gasteiger partial charge in [-0.15, -0.1) is 0 Å². The average Bonchev–Trinajstić information content (AvgIpc) is 2.96. The van der Waals surface area contributed by atoms with Gasteiger partial charge in [-0.25, -0.2) is 0 Å². The van der Waals surface area contributed by atoms with Crippen LogP contribution in [-0.4, -0.2) is 77.5 Å². The molecule has 3 rings (SSSR count). The third kappa shape index (κ3) is 2.83. The fourth-order valence-corrected chi connectivity index (χ4v) is 4.86. The number of guanidine groups is 1. The number of amides is 1. The number of likely N-dealkylation sites (tertiary alicyclic amines) is 1. The largest absolute Gasteiger partial charge is 0.393 e. The van der Waals surface area contributed by atoms with Crippen LogP contribution in [0.2, 0.25) is 0 Å². The lowest BCUT2D eigenvalue weighted by molar-refractivity contribution is -0.893. The highest BCUT2D eigenvalue weighted by atomic mass is 16.3. The fourth-order valence-electron chi connectivity index (χ4n) is 4.86. The lowest BCUT2D eigenvalue weighted by Crippen LogP contribution is -2.63. The van der Waals surface area contributed by atoms with E-state index < -0.39 is 12.0 Å². The Morgan fingerprint density at radius 2 is 2.28 bits per heavy atom. The van der Waals surface area contributed by atoms with E-state index in [9.17, 15) is 14.7 Å². The van der Waals surface area contributed by atoms with Gasteiger partial charge < -0.3 is 25.5 Å². The van der Waals surface area contributed by atoms with E-state index in [1.54, 1.807) is 11.8 Å². The molecule has 0 bridgehead atoms. The summed E-state index contributed by atoms with van der Waals surface area (Å²) in [6.45, 7) is 6.11. The van der Waals surface area contributed by atoms with Crippen LogP contribution in [0.15, 0.2) is 11.3 Å². The maximum atomic E-state index is 12.4. The van der Waals surface area contributed by atoms with Crippen LogP contribution in [0.5, 0.6) is 0 Å². The second kappa shape index (κ2) is 6.10. The zero-order chi connectivity index (χ0) is 18.5. The number of hydrogen-bond donors (Lipinski definition) is 4. The monoisotopic (exact) mass is 350 g/mol. The Labute approximate surface area is 147 Å². The third-order valence-corrected chi connectivity index (χ3v) is 6.06. The van der Waals surface area contributed by atoms with Crippen LogP contribution in [0.1, 0.15) is 20.3 Å². The van der Waals surface area contributed by atoms with E-state index in [4.69, 9.17) is 11.1 Å². The van der Waals surface area contributed by atoms with Crippen molar-refractivity contribution in [3.8, 4) is 0 Å². The van der Waals surface area contributed by atoms with E-state index in [1.807, 2.05) is 6.92 Å². The molecule has 0 aromatic rings. The molecule has 3 aliphatic rings. The fraction of sp³-hybridized carbons (Fsp3) is 0.706. The van der Waals surface area contributed by atoms with E-state index >= 15 is 0 Å². The normalized spacial score (nSPS) is 38.4. The number of fused-ring (bicyclic) bond motifs is 1. The van der Waals surface area contributed by atoms with Gasteiger partial charge in [0.15, 0.2) is 12.2 Å². The number of rotatable bonds is 5. The van der Waals surface area contributed by atoms with E-state index in [-0.39, 0.29) is 29.9 Å². The average molecular weight is 350 g/mol. The standard InChI is InChI=1S/C17H28N5O3/c1-9-12(7-22(3)5-4-11(6-22)20-17(18)19)13(8-23)21-15(9)14(10(2)24)16(21)25/h8-11,14-15,24H,4-7H2,1-3H3,(H4,18,19,20)/q+1/t9-,10+,11-,14?,15?,22?/m0/s1. The molecule has 0 aromatic carbocycles. The summed E-state index contributed by atoms with van der Waals surface area (Å²) < 4.78 is 0.746. The number of nitrogens with two attached hydrogens (primary N) is 1. The topological polar surface area (TPSA) is 120 Å². The second-order valence-corrected chi connectivity index (χ2v) is 8.01. The molecule has 3 heterocycles. The van der Waals surface area contributed by atoms with E-state index in [1.165, 1.54) is 0 Å². The molecule has 0 radical (unpaired) electrons. The maximum absolute atomic E-state index is 12.4. The van der Waals surface area contributed by atoms with E-state index in [2.05, 4.69) is 12.4 Å². The van der Waals surface area contributed by atoms with Crippen molar-refractivity contribution in [1.82, 2.24) is 10.2 Å². The number of β-lactam (4-membered cyclic amide) rings is 1. The summed E-state index contributed by atoms with van der Waals surface area (Å²) in [6, 6.07) is 0.0476. The molecule has 6 atom stereocenters. The van der Waals surface area contributed by atoms with Crippen molar-refractivity contribution in [3.05, 3.63) is 11.3 Å². The second-order valence-electron chi connectivity index (χ2n) is 8.01. The van der Waals surface area contributed by atoms with Crippen molar-refractivity contribution in [2.24, 2.45) is 17.6 Å². The van der Waals surface area contributed by atoms with Gasteiger partial charge >= 0.3 is 0 Å². The molecule has 8 heteroatoms. The minimum absolute atomic E-state index is 0.0185. The summed E-state index contributed by atoms with van der Waals surface area (Å²) in [4.78, 5) is 25.6. The lowest BCUT2D eigenvalue weighted by Gasteiger charge is -2.46. The van der Waals surface area contributed by atoms with Gasteiger partial charge in [-0.1, -0.05) is 6.92 Å². The summed E-state index contributed by atoms with van der Waals surface area (Å²) in [5.74, 6) is -0.523. The smallest absolute Gasteiger partial charge is 0.235 e. The van der Waals surface area contributed by atoms with Crippen molar-refractivity contribution in [3.63, 3.8) is 0 Å². The molecule has 5 N–H and O–H groups in total. The zero-order valence-electron chi connectivity index (χ0n) is 15.0. The van der Waals surface area contributed by atoms with Crippen molar-refractivity contribution in [2.75, 3.05) is 26.7 Å². The molecular formula is C17H28N5O3+. The van der Waals surface area contributed by atoms with Crippen molar-refractivity contribution in [2.45, 2.75) is 38.5 Å². The Bertz CT molecular complexity index is 646. The van der Waals surface area contributed by atoms with Crippen LogP contribution < -0.4 is 11.1 Å². The first-order chi connectivity index (χ1) is 11.7. The maximum Gasteiger partial charge on any atom is 0.235 e. The van der Waals surface area contributed by atoms with E-state index in [0.29, 0.717) is 12.2 Å². The van der Waals surface area contributed by atoms with E-state index in [0.717, 1.165) is 35.9 Å². The minimum Gasteiger partial charge on any atom is -0.393 e. The summed E-state index contributed by atoms with van der Waals surface area (Å²) in [5.41, 5.74) is 6.93. The van der Waals surface area contributed by atoms with Gasteiger partial charge in [0.1, 0.15) is 6.54 Å². The SMILES string of the molecule is C[C@@H](O)C1C(=O)N2C(C=O)=C(C[N+]3(C)CC[C@H](NC(=N)N)C3)[C@H](C)C12.